The minimum atomic E-state index is -0.468. The number of rotatable bonds is 8. The van der Waals surface area contributed by atoms with Gasteiger partial charge in [-0.2, -0.15) is 0 Å². The largest absolute Gasteiger partial charge is 0.462 e. The molecule has 8 heteroatoms. The van der Waals surface area contributed by atoms with Gasteiger partial charge in [0, 0.05) is 17.8 Å². The first-order valence-corrected chi connectivity index (χ1v) is 10.4. The van der Waals surface area contributed by atoms with Crippen LogP contribution in [0.5, 0.6) is 0 Å². The summed E-state index contributed by atoms with van der Waals surface area (Å²) in [5.74, 6) is 1.15. The third-order valence-electron chi connectivity index (χ3n) is 4.93. The number of H-pyrrole nitrogens is 2. The molecule has 0 radical (unpaired) electrons. The van der Waals surface area contributed by atoms with Crippen molar-refractivity contribution in [1.82, 2.24) is 20.2 Å². The Morgan fingerprint density at radius 2 is 1.89 bits per heavy atom. The van der Waals surface area contributed by atoms with Crippen molar-refractivity contribution in [2.24, 2.45) is 5.92 Å². The normalized spacial score (nSPS) is 14.6. The Balaban J connectivity index is 1.64. The van der Waals surface area contributed by atoms with E-state index in [4.69, 9.17) is 4.74 Å². The molecule has 3 rings (SSSR count). The van der Waals surface area contributed by atoms with Gasteiger partial charge >= 0.3 is 5.97 Å². The second-order valence-electron chi connectivity index (χ2n) is 6.98. The highest BCUT2D eigenvalue weighted by molar-refractivity contribution is 7.99. The van der Waals surface area contributed by atoms with Gasteiger partial charge in [-0.1, -0.05) is 37.4 Å². The van der Waals surface area contributed by atoms with Crippen LogP contribution < -0.4 is 0 Å². The maximum Gasteiger partial charge on any atom is 0.340 e. The van der Waals surface area contributed by atoms with Crippen LogP contribution in [0.15, 0.2) is 5.16 Å². The number of carbonyl (C=O) groups is 2. The molecule has 2 aromatic rings. The van der Waals surface area contributed by atoms with Crippen molar-refractivity contribution in [2.75, 3.05) is 12.4 Å². The number of aromatic amines is 2. The van der Waals surface area contributed by atoms with Gasteiger partial charge in [0.1, 0.15) is 5.82 Å². The average Bonchev–Trinajstić information content (AvgIpc) is 3.34. The predicted octanol–water partition coefficient (Wildman–Crippen LogP) is 3.63. The third kappa shape index (κ3) is 4.61. The third-order valence-corrected chi connectivity index (χ3v) is 5.78. The van der Waals surface area contributed by atoms with Crippen LogP contribution in [-0.2, 0) is 11.2 Å². The lowest BCUT2D eigenvalue weighted by Crippen LogP contribution is -2.13. The zero-order valence-electron chi connectivity index (χ0n) is 16.1. The molecule has 0 atom stereocenters. The summed E-state index contributed by atoms with van der Waals surface area (Å²) in [4.78, 5) is 32.5. The number of nitrogens with one attached hydrogen (secondary N) is 2. The number of hydrogen-bond donors (Lipinski definition) is 2. The molecule has 2 aromatic heterocycles. The van der Waals surface area contributed by atoms with E-state index in [-0.39, 0.29) is 18.1 Å². The van der Waals surface area contributed by atoms with E-state index < -0.39 is 5.97 Å². The quantitative estimate of drug-likeness (QED) is 0.405. The molecule has 0 amide bonds. The average molecular weight is 391 g/mol. The first kappa shape index (κ1) is 19.7. The van der Waals surface area contributed by atoms with E-state index in [1.807, 2.05) is 0 Å². The van der Waals surface area contributed by atoms with Gasteiger partial charge in [0.25, 0.3) is 0 Å². The lowest BCUT2D eigenvalue weighted by molar-refractivity contribution is 0.0522. The van der Waals surface area contributed by atoms with Crippen LogP contribution in [-0.4, -0.2) is 44.3 Å². The second-order valence-corrected chi connectivity index (χ2v) is 7.92. The number of esters is 1. The molecule has 2 N–H and O–H groups in total. The molecule has 0 unspecified atom stereocenters. The maximum absolute atomic E-state index is 12.8. The molecule has 2 heterocycles. The summed E-state index contributed by atoms with van der Waals surface area (Å²) in [6, 6.07) is 0. The van der Waals surface area contributed by atoms with Gasteiger partial charge in [-0.05, 0) is 26.7 Å². The number of ketones is 1. The molecule has 0 saturated heterocycles. The number of aryl methyl sites for hydroxylation is 2. The zero-order valence-corrected chi connectivity index (χ0v) is 16.9. The van der Waals surface area contributed by atoms with E-state index in [2.05, 4.69) is 20.2 Å². The van der Waals surface area contributed by atoms with Gasteiger partial charge in [-0.25, -0.2) is 9.78 Å². The Hall–Kier alpha value is -2.09. The fourth-order valence-corrected chi connectivity index (χ4v) is 4.40. The molecular formula is C19H26N4O3S. The Bertz CT molecular complexity index is 821. The van der Waals surface area contributed by atoms with Gasteiger partial charge in [-0.3, -0.25) is 9.89 Å². The topological polar surface area (TPSA) is 101 Å². The number of Topliss-reactive ketones (excluding diaryl/α,β-unsaturated/α-hetero) is 1. The highest BCUT2D eigenvalue weighted by Crippen LogP contribution is 2.28. The number of carbonyl (C=O) groups excluding carboxylic acids is 2. The molecule has 0 spiro atoms. The van der Waals surface area contributed by atoms with Gasteiger partial charge in [-0.15, -0.1) is 5.10 Å². The number of ether oxygens (including phenoxy) is 1. The predicted molar refractivity (Wildman–Crippen MR) is 103 cm³/mol. The maximum atomic E-state index is 12.8. The summed E-state index contributed by atoms with van der Waals surface area (Å²) < 4.78 is 5.09. The molecule has 0 bridgehead atoms. The molecule has 0 aromatic carbocycles. The van der Waals surface area contributed by atoms with E-state index in [0.717, 1.165) is 12.2 Å². The fraction of sp³-hybridized carbons (Fsp3) is 0.579. The van der Waals surface area contributed by atoms with Gasteiger partial charge in [0.05, 0.1) is 23.5 Å². The lowest BCUT2D eigenvalue weighted by Gasteiger charge is -2.05. The van der Waals surface area contributed by atoms with Crippen LogP contribution in [0, 0.1) is 19.8 Å². The molecule has 7 nitrogen and oxygen atoms in total. The van der Waals surface area contributed by atoms with Gasteiger partial charge in [0.15, 0.2) is 5.78 Å². The number of aromatic nitrogens is 4. The minimum absolute atomic E-state index is 0.132. The Morgan fingerprint density at radius 1 is 1.19 bits per heavy atom. The van der Waals surface area contributed by atoms with Crippen molar-refractivity contribution in [3.63, 3.8) is 0 Å². The van der Waals surface area contributed by atoms with Crippen molar-refractivity contribution < 1.29 is 14.3 Å². The monoisotopic (exact) mass is 390 g/mol. The Morgan fingerprint density at radius 3 is 2.59 bits per heavy atom. The number of hydrogen-bond acceptors (Lipinski definition) is 6. The molecule has 0 aliphatic heterocycles. The summed E-state index contributed by atoms with van der Waals surface area (Å²) in [6.07, 6.45) is 6.03. The summed E-state index contributed by atoms with van der Waals surface area (Å²) in [5.41, 5.74) is 2.06. The summed E-state index contributed by atoms with van der Waals surface area (Å²) >= 11 is 1.28. The minimum Gasteiger partial charge on any atom is -0.462 e. The summed E-state index contributed by atoms with van der Waals surface area (Å²) in [5, 5.41) is 7.77. The lowest BCUT2D eigenvalue weighted by atomic mass is 10.0. The van der Waals surface area contributed by atoms with Crippen molar-refractivity contribution in [3.8, 4) is 0 Å². The molecule has 27 heavy (non-hydrogen) atoms. The molecule has 1 fully saturated rings. The number of thioether (sulfide) groups is 1. The molecular weight excluding hydrogens is 364 g/mol. The van der Waals surface area contributed by atoms with Crippen molar-refractivity contribution in [2.45, 2.75) is 58.0 Å². The van der Waals surface area contributed by atoms with Crippen molar-refractivity contribution >= 4 is 23.5 Å². The molecule has 1 aliphatic carbocycles. The van der Waals surface area contributed by atoms with E-state index in [1.165, 1.54) is 37.4 Å². The number of nitrogens with zero attached hydrogens (tertiary/aromatic N) is 2. The highest BCUT2D eigenvalue weighted by Gasteiger charge is 2.25. The standard InChI is InChI=1S/C19H26N4O3S/c1-4-26-18(25)17-12(3)20-11(2)16(17)14(24)10-27-19-21-15(22-23-19)9-13-7-5-6-8-13/h13,20H,4-10H2,1-3H3,(H,21,22,23). The van der Waals surface area contributed by atoms with Gasteiger partial charge in [0.2, 0.25) is 5.16 Å². The van der Waals surface area contributed by atoms with E-state index >= 15 is 0 Å². The summed E-state index contributed by atoms with van der Waals surface area (Å²) in [6.45, 7) is 5.58. The Kier molecular flexibility index (Phi) is 6.36. The molecule has 1 saturated carbocycles. The van der Waals surface area contributed by atoms with E-state index in [9.17, 15) is 9.59 Å². The SMILES string of the molecule is CCOC(=O)c1c(C)[nH]c(C)c1C(=O)CSc1n[nH]c(CC2CCCC2)n1. The molecule has 1 aliphatic rings. The van der Waals surface area contributed by atoms with Crippen LogP contribution in [0.4, 0.5) is 0 Å². The van der Waals surface area contributed by atoms with Crippen LogP contribution in [0.1, 0.15) is 70.5 Å². The highest BCUT2D eigenvalue weighted by atomic mass is 32.2. The second kappa shape index (κ2) is 8.73. The summed E-state index contributed by atoms with van der Waals surface area (Å²) in [7, 11) is 0. The van der Waals surface area contributed by atoms with Crippen LogP contribution in [0.3, 0.4) is 0 Å². The zero-order chi connectivity index (χ0) is 19.4. The van der Waals surface area contributed by atoms with Crippen LogP contribution in [0.2, 0.25) is 0 Å². The first-order valence-electron chi connectivity index (χ1n) is 9.43. The van der Waals surface area contributed by atoms with Gasteiger partial charge < -0.3 is 9.72 Å². The smallest absolute Gasteiger partial charge is 0.340 e. The van der Waals surface area contributed by atoms with Crippen molar-refractivity contribution in [3.05, 3.63) is 28.3 Å². The van der Waals surface area contributed by atoms with Crippen LogP contribution >= 0.6 is 11.8 Å². The van der Waals surface area contributed by atoms with Crippen LogP contribution in [0.25, 0.3) is 0 Å². The molecule has 146 valence electrons. The van der Waals surface area contributed by atoms with E-state index in [1.54, 1.807) is 20.8 Å². The first-order chi connectivity index (χ1) is 13.0. The Labute approximate surface area is 163 Å². The van der Waals surface area contributed by atoms with E-state index in [0.29, 0.717) is 33.6 Å². The van der Waals surface area contributed by atoms with Crippen molar-refractivity contribution in [1.29, 1.82) is 0 Å². The fourth-order valence-electron chi connectivity index (χ4n) is 3.71.